The topological polar surface area (TPSA) is 74.8 Å². The summed E-state index contributed by atoms with van der Waals surface area (Å²) >= 11 is 0. The number of nitrogens with zero attached hydrogens (tertiary/aromatic N) is 3. The number of morpholine rings is 1. The molecule has 2 aromatic rings. The van der Waals surface area contributed by atoms with Crippen molar-refractivity contribution < 1.29 is 14.3 Å². The lowest BCUT2D eigenvalue weighted by Crippen LogP contribution is -2.40. The number of nitrogens with one attached hydrogen (secondary N) is 1. The summed E-state index contributed by atoms with van der Waals surface area (Å²) < 4.78 is 5.26. The third kappa shape index (κ3) is 4.18. The van der Waals surface area contributed by atoms with E-state index < -0.39 is 0 Å². The molecule has 1 aliphatic heterocycles. The number of ether oxygens (including phenoxy) is 1. The number of carbonyl (C=O) groups excluding carboxylic acids is 2. The fraction of sp³-hybridized carbons (Fsp3) is 0.316. The first-order valence-electron chi connectivity index (χ1n) is 8.45. The number of anilines is 2. The summed E-state index contributed by atoms with van der Waals surface area (Å²) in [5.41, 5.74) is 2.48. The molecule has 0 radical (unpaired) electrons. The van der Waals surface area contributed by atoms with Crippen LogP contribution in [-0.4, -0.2) is 62.1 Å². The van der Waals surface area contributed by atoms with Gasteiger partial charge in [-0.1, -0.05) is 0 Å². The smallest absolute Gasteiger partial charge is 0.257 e. The summed E-state index contributed by atoms with van der Waals surface area (Å²) in [6.45, 7) is 2.16. The predicted molar refractivity (Wildman–Crippen MR) is 99.7 cm³/mol. The van der Waals surface area contributed by atoms with E-state index in [1.807, 2.05) is 43.3 Å². The van der Waals surface area contributed by atoms with Gasteiger partial charge in [0.2, 0.25) is 0 Å². The molecule has 3 rings (SSSR count). The molecule has 136 valence electrons. The van der Waals surface area contributed by atoms with E-state index >= 15 is 0 Å². The largest absolute Gasteiger partial charge is 0.378 e. The summed E-state index contributed by atoms with van der Waals surface area (Å²) in [7, 11) is 3.91. The number of hydrogen-bond donors (Lipinski definition) is 1. The second-order valence-corrected chi connectivity index (χ2v) is 6.26. The highest BCUT2D eigenvalue weighted by Gasteiger charge is 2.20. The third-order valence-corrected chi connectivity index (χ3v) is 4.19. The van der Waals surface area contributed by atoms with Crippen molar-refractivity contribution in [3.8, 4) is 0 Å². The normalized spacial score (nSPS) is 14.0. The summed E-state index contributed by atoms with van der Waals surface area (Å²) in [5.74, 6) is -0.433. The second-order valence-electron chi connectivity index (χ2n) is 6.26. The van der Waals surface area contributed by atoms with Crippen molar-refractivity contribution in [3.63, 3.8) is 0 Å². The van der Waals surface area contributed by atoms with Crippen LogP contribution in [0, 0.1) is 0 Å². The number of aromatic nitrogens is 1. The van der Waals surface area contributed by atoms with E-state index in [0.717, 1.165) is 5.69 Å². The van der Waals surface area contributed by atoms with E-state index in [0.29, 0.717) is 43.1 Å². The van der Waals surface area contributed by atoms with Crippen molar-refractivity contribution >= 4 is 23.2 Å². The van der Waals surface area contributed by atoms with Crippen molar-refractivity contribution in [2.24, 2.45) is 0 Å². The molecule has 0 saturated carbocycles. The van der Waals surface area contributed by atoms with Crippen LogP contribution < -0.4 is 10.2 Å². The lowest BCUT2D eigenvalue weighted by molar-refractivity contribution is 0.0302. The Morgan fingerprint density at radius 1 is 1.08 bits per heavy atom. The molecule has 2 amide bonds. The molecule has 1 aromatic carbocycles. The summed E-state index contributed by atoms with van der Waals surface area (Å²) in [6, 6.07) is 9.10. The zero-order valence-corrected chi connectivity index (χ0v) is 14.9. The monoisotopic (exact) mass is 354 g/mol. The fourth-order valence-electron chi connectivity index (χ4n) is 2.68. The van der Waals surface area contributed by atoms with Gasteiger partial charge in [-0.3, -0.25) is 14.6 Å². The Morgan fingerprint density at radius 3 is 2.38 bits per heavy atom. The van der Waals surface area contributed by atoms with Crippen LogP contribution in [0.2, 0.25) is 0 Å². The maximum Gasteiger partial charge on any atom is 0.257 e. The standard InChI is InChI=1S/C19H22N4O3/c1-22(2)17-5-3-16(4-6-17)21-18(24)14-11-15(13-20-12-14)19(25)23-7-9-26-10-8-23/h3-6,11-13H,7-10H2,1-2H3,(H,21,24). The Hall–Kier alpha value is -2.93. The van der Waals surface area contributed by atoms with Gasteiger partial charge in [-0.05, 0) is 30.3 Å². The molecule has 1 fully saturated rings. The minimum Gasteiger partial charge on any atom is -0.378 e. The Balaban J connectivity index is 1.70. The molecular weight excluding hydrogens is 332 g/mol. The molecule has 7 heteroatoms. The van der Waals surface area contributed by atoms with Crippen LogP contribution >= 0.6 is 0 Å². The first-order valence-corrected chi connectivity index (χ1v) is 8.45. The molecule has 1 saturated heterocycles. The van der Waals surface area contributed by atoms with Crippen LogP contribution in [0.3, 0.4) is 0 Å². The third-order valence-electron chi connectivity index (χ3n) is 4.19. The summed E-state index contributed by atoms with van der Waals surface area (Å²) in [6.07, 6.45) is 2.94. The summed E-state index contributed by atoms with van der Waals surface area (Å²) in [4.78, 5) is 32.8. The van der Waals surface area contributed by atoms with Gasteiger partial charge in [0.05, 0.1) is 24.3 Å². The first-order chi connectivity index (χ1) is 12.5. The molecule has 1 aliphatic rings. The van der Waals surface area contributed by atoms with Gasteiger partial charge in [0.15, 0.2) is 0 Å². The van der Waals surface area contributed by atoms with E-state index in [4.69, 9.17) is 4.74 Å². The molecule has 1 N–H and O–H groups in total. The Labute approximate surface area is 152 Å². The van der Waals surface area contributed by atoms with Gasteiger partial charge in [-0.25, -0.2) is 0 Å². The number of pyridine rings is 1. The van der Waals surface area contributed by atoms with Gasteiger partial charge in [0.25, 0.3) is 11.8 Å². The zero-order chi connectivity index (χ0) is 18.5. The SMILES string of the molecule is CN(C)c1ccc(NC(=O)c2cncc(C(=O)N3CCOCC3)c2)cc1. The second kappa shape index (κ2) is 7.97. The highest BCUT2D eigenvalue weighted by atomic mass is 16.5. The van der Waals surface area contributed by atoms with Gasteiger partial charge >= 0.3 is 0 Å². The van der Waals surface area contributed by atoms with Gasteiger partial charge in [-0.15, -0.1) is 0 Å². The van der Waals surface area contributed by atoms with Crippen molar-refractivity contribution in [1.29, 1.82) is 0 Å². The number of amides is 2. The lowest BCUT2D eigenvalue weighted by atomic mass is 10.1. The van der Waals surface area contributed by atoms with Crippen LogP contribution in [0.1, 0.15) is 20.7 Å². The Morgan fingerprint density at radius 2 is 1.73 bits per heavy atom. The van der Waals surface area contributed by atoms with Crippen LogP contribution in [0.4, 0.5) is 11.4 Å². The maximum absolute atomic E-state index is 12.5. The number of carbonyl (C=O) groups is 2. The van der Waals surface area contributed by atoms with E-state index in [1.165, 1.54) is 12.4 Å². The molecule has 0 aliphatic carbocycles. The molecular formula is C19H22N4O3. The van der Waals surface area contributed by atoms with E-state index in [1.54, 1.807) is 11.0 Å². The minimum atomic E-state index is -0.299. The van der Waals surface area contributed by atoms with E-state index in [-0.39, 0.29) is 11.8 Å². The maximum atomic E-state index is 12.5. The van der Waals surface area contributed by atoms with E-state index in [9.17, 15) is 9.59 Å². The number of rotatable bonds is 4. The van der Waals surface area contributed by atoms with Crippen molar-refractivity contribution in [2.45, 2.75) is 0 Å². The summed E-state index contributed by atoms with van der Waals surface area (Å²) in [5, 5.41) is 2.83. The number of hydrogen-bond acceptors (Lipinski definition) is 5. The quantitative estimate of drug-likeness (QED) is 0.907. The van der Waals surface area contributed by atoms with Gasteiger partial charge in [0.1, 0.15) is 0 Å². The molecule has 0 spiro atoms. The molecule has 0 unspecified atom stereocenters. The van der Waals surface area contributed by atoms with Crippen molar-refractivity contribution in [1.82, 2.24) is 9.88 Å². The molecule has 2 heterocycles. The van der Waals surface area contributed by atoms with Crippen LogP contribution in [0.5, 0.6) is 0 Å². The van der Waals surface area contributed by atoms with Crippen molar-refractivity contribution in [2.75, 3.05) is 50.6 Å². The zero-order valence-electron chi connectivity index (χ0n) is 14.9. The van der Waals surface area contributed by atoms with Gasteiger partial charge in [-0.2, -0.15) is 0 Å². The van der Waals surface area contributed by atoms with Crippen LogP contribution in [-0.2, 0) is 4.74 Å². The van der Waals surface area contributed by atoms with E-state index in [2.05, 4.69) is 10.3 Å². The average Bonchev–Trinajstić information content (AvgIpc) is 2.68. The Kier molecular flexibility index (Phi) is 5.48. The van der Waals surface area contributed by atoms with Crippen LogP contribution in [0.15, 0.2) is 42.7 Å². The van der Waals surface area contributed by atoms with Crippen LogP contribution in [0.25, 0.3) is 0 Å². The lowest BCUT2D eigenvalue weighted by Gasteiger charge is -2.26. The van der Waals surface area contributed by atoms with Crippen molar-refractivity contribution in [3.05, 3.63) is 53.9 Å². The molecule has 7 nitrogen and oxygen atoms in total. The molecule has 1 aromatic heterocycles. The first kappa shape index (κ1) is 17.9. The number of benzene rings is 1. The molecule has 26 heavy (non-hydrogen) atoms. The Bertz CT molecular complexity index is 784. The highest BCUT2D eigenvalue weighted by Crippen LogP contribution is 2.17. The van der Waals surface area contributed by atoms with Gasteiger partial charge < -0.3 is 19.9 Å². The highest BCUT2D eigenvalue weighted by molar-refractivity contribution is 6.05. The average molecular weight is 354 g/mol. The minimum absolute atomic E-state index is 0.134. The molecule has 0 bridgehead atoms. The fourth-order valence-corrected chi connectivity index (χ4v) is 2.68. The predicted octanol–water partition coefficient (Wildman–Crippen LogP) is 1.87. The van der Waals surface area contributed by atoms with Gasteiger partial charge in [0, 0.05) is 51.0 Å². The molecule has 0 atom stereocenters.